The Kier molecular flexibility index (Phi) is 6.21. The summed E-state index contributed by atoms with van der Waals surface area (Å²) >= 11 is 5.94. The lowest BCUT2D eigenvalue weighted by Crippen LogP contribution is -2.36. The Labute approximate surface area is 219 Å². The summed E-state index contributed by atoms with van der Waals surface area (Å²) in [4.78, 5) is 18.4. The first-order chi connectivity index (χ1) is 17.8. The molecule has 1 saturated heterocycles. The molecular formula is C28H29ClFN3O4. The number of hydrogen-bond donors (Lipinski definition) is 1. The number of rotatable bonds is 6. The molecule has 1 aromatic heterocycles. The van der Waals surface area contributed by atoms with Gasteiger partial charge in [-0.15, -0.1) is 0 Å². The summed E-state index contributed by atoms with van der Waals surface area (Å²) in [6.07, 6.45) is 5.34. The van der Waals surface area contributed by atoms with Gasteiger partial charge in [0.25, 0.3) is 5.79 Å². The second-order valence-corrected chi connectivity index (χ2v) is 10.8. The standard InChI is InChI=1S/C28H29ClFN3O4/c1-28(23-6-5-18(29)11-24(23)30)36-25-4-2-3-22(27(25)37-28)17-7-9-32(10-8-17)15-26-31-14-20(16-34)33(26)19-12-21(35)13-19/h2-6,11,14,16-17,19,21,35H,7-10,12-13,15H2,1H3. The highest BCUT2D eigenvalue weighted by molar-refractivity contribution is 6.30. The lowest BCUT2D eigenvalue weighted by Gasteiger charge is -2.36. The van der Waals surface area contributed by atoms with Crippen LogP contribution in [0.2, 0.25) is 5.02 Å². The number of aromatic nitrogens is 2. The molecule has 9 heteroatoms. The molecule has 7 nitrogen and oxygen atoms in total. The molecular weight excluding hydrogens is 497 g/mol. The lowest BCUT2D eigenvalue weighted by molar-refractivity contribution is -0.0712. The highest BCUT2D eigenvalue weighted by atomic mass is 35.5. The molecule has 3 aromatic rings. The highest BCUT2D eigenvalue weighted by Crippen LogP contribution is 2.50. The molecule has 1 N–H and O–H groups in total. The van der Waals surface area contributed by atoms with Crippen LogP contribution in [0, 0.1) is 5.82 Å². The van der Waals surface area contributed by atoms with Crippen molar-refractivity contribution in [3.05, 3.63) is 76.1 Å². The summed E-state index contributed by atoms with van der Waals surface area (Å²) in [6, 6.07) is 10.5. The third kappa shape index (κ3) is 4.41. The van der Waals surface area contributed by atoms with E-state index in [-0.39, 0.29) is 18.1 Å². The van der Waals surface area contributed by atoms with Gasteiger partial charge in [-0.2, -0.15) is 0 Å². The number of carbonyl (C=O) groups excluding carboxylic acids is 1. The van der Waals surface area contributed by atoms with Gasteiger partial charge in [-0.25, -0.2) is 9.37 Å². The van der Waals surface area contributed by atoms with Crippen LogP contribution in [-0.4, -0.2) is 45.0 Å². The number of benzene rings is 2. The number of fused-ring (bicyclic) bond motifs is 1. The van der Waals surface area contributed by atoms with Gasteiger partial charge in [0, 0.05) is 23.6 Å². The van der Waals surface area contributed by atoms with Crippen LogP contribution in [0.1, 0.15) is 72.0 Å². The van der Waals surface area contributed by atoms with Crippen molar-refractivity contribution in [2.24, 2.45) is 0 Å². The normalized spacial score (nSPS) is 25.7. The molecule has 1 atom stereocenters. The van der Waals surface area contributed by atoms with Crippen molar-refractivity contribution >= 4 is 17.9 Å². The number of carbonyl (C=O) groups is 1. The number of hydrogen-bond acceptors (Lipinski definition) is 6. The Hall–Kier alpha value is -2.94. The van der Waals surface area contributed by atoms with Crippen LogP contribution in [0.15, 0.2) is 42.6 Å². The average molecular weight is 526 g/mol. The maximum Gasteiger partial charge on any atom is 0.278 e. The number of likely N-dealkylation sites (tertiary alicyclic amines) is 1. The Bertz CT molecular complexity index is 1330. The summed E-state index contributed by atoms with van der Waals surface area (Å²) < 4.78 is 29.1. The predicted octanol–water partition coefficient (Wildman–Crippen LogP) is 5.21. The zero-order chi connectivity index (χ0) is 25.7. The van der Waals surface area contributed by atoms with E-state index in [1.807, 2.05) is 16.7 Å². The summed E-state index contributed by atoms with van der Waals surface area (Å²) in [5.41, 5.74) is 1.94. The summed E-state index contributed by atoms with van der Waals surface area (Å²) in [6.45, 7) is 4.12. The molecule has 3 heterocycles. The number of halogens is 2. The van der Waals surface area contributed by atoms with E-state index >= 15 is 0 Å². The fourth-order valence-electron chi connectivity index (χ4n) is 5.85. The number of imidazole rings is 1. The molecule has 0 bridgehead atoms. The quantitative estimate of drug-likeness (QED) is 0.445. The van der Waals surface area contributed by atoms with E-state index in [1.165, 1.54) is 6.07 Å². The van der Waals surface area contributed by atoms with Crippen molar-refractivity contribution in [3.63, 3.8) is 0 Å². The minimum atomic E-state index is -1.27. The van der Waals surface area contributed by atoms with Gasteiger partial charge in [0.15, 0.2) is 17.8 Å². The van der Waals surface area contributed by atoms with Crippen LogP contribution < -0.4 is 9.47 Å². The highest BCUT2D eigenvalue weighted by Gasteiger charge is 2.43. The number of aldehydes is 1. The van der Waals surface area contributed by atoms with Crippen molar-refractivity contribution < 1.29 is 23.8 Å². The van der Waals surface area contributed by atoms with E-state index in [2.05, 4.69) is 16.0 Å². The topological polar surface area (TPSA) is 76.8 Å². The van der Waals surface area contributed by atoms with Crippen LogP contribution in [0.4, 0.5) is 4.39 Å². The molecule has 2 aliphatic heterocycles. The third-order valence-electron chi connectivity index (χ3n) is 7.90. The Morgan fingerprint density at radius 1 is 1.22 bits per heavy atom. The van der Waals surface area contributed by atoms with E-state index in [1.54, 1.807) is 25.3 Å². The van der Waals surface area contributed by atoms with Gasteiger partial charge >= 0.3 is 0 Å². The minimum absolute atomic E-state index is 0.133. The van der Waals surface area contributed by atoms with Crippen LogP contribution in [0.5, 0.6) is 11.5 Å². The van der Waals surface area contributed by atoms with Gasteiger partial charge in [-0.3, -0.25) is 9.69 Å². The van der Waals surface area contributed by atoms with Crippen LogP contribution in [-0.2, 0) is 12.3 Å². The fourth-order valence-corrected chi connectivity index (χ4v) is 6.01. The van der Waals surface area contributed by atoms with Gasteiger partial charge in [0.1, 0.15) is 17.3 Å². The van der Waals surface area contributed by atoms with Crippen molar-refractivity contribution in [2.75, 3.05) is 13.1 Å². The number of para-hydroxylation sites is 1. The van der Waals surface area contributed by atoms with Crippen LogP contribution in [0.3, 0.4) is 0 Å². The molecule has 1 unspecified atom stereocenters. The predicted molar refractivity (Wildman–Crippen MR) is 136 cm³/mol. The van der Waals surface area contributed by atoms with E-state index in [0.29, 0.717) is 47.2 Å². The fraction of sp³-hybridized carbons (Fsp3) is 0.429. The molecule has 3 aliphatic rings. The monoisotopic (exact) mass is 525 g/mol. The van der Waals surface area contributed by atoms with E-state index in [0.717, 1.165) is 43.6 Å². The van der Waals surface area contributed by atoms with Gasteiger partial charge in [0.2, 0.25) is 0 Å². The Morgan fingerprint density at radius 2 is 2.00 bits per heavy atom. The second-order valence-electron chi connectivity index (χ2n) is 10.4. The van der Waals surface area contributed by atoms with Gasteiger partial charge in [0.05, 0.1) is 24.4 Å². The number of ether oxygens (including phenoxy) is 2. The van der Waals surface area contributed by atoms with Crippen molar-refractivity contribution in [3.8, 4) is 11.5 Å². The zero-order valence-electron chi connectivity index (χ0n) is 20.6. The third-order valence-corrected chi connectivity index (χ3v) is 8.14. The second kappa shape index (κ2) is 9.42. The largest absolute Gasteiger partial charge is 0.444 e. The number of nitrogens with zero attached hydrogens (tertiary/aromatic N) is 3. The molecule has 194 valence electrons. The molecule has 0 spiro atoms. The van der Waals surface area contributed by atoms with E-state index in [9.17, 15) is 14.3 Å². The molecule has 0 amide bonds. The van der Waals surface area contributed by atoms with Crippen molar-refractivity contribution in [1.82, 2.24) is 14.5 Å². The van der Waals surface area contributed by atoms with Crippen molar-refractivity contribution in [1.29, 1.82) is 0 Å². The molecule has 37 heavy (non-hydrogen) atoms. The number of piperidine rings is 1. The minimum Gasteiger partial charge on any atom is -0.444 e. The first-order valence-electron chi connectivity index (χ1n) is 12.7. The maximum atomic E-state index is 14.7. The molecule has 2 aromatic carbocycles. The van der Waals surface area contributed by atoms with Crippen LogP contribution >= 0.6 is 11.6 Å². The number of aliphatic hydroxyl groups excluding tert-OH is 1. The van der Waals surface area contributed by atoms with E-state index < -0.39 is 11.6 Å². The first-order valence-corrected chi connectivity index (χ1v) is 13.1. The average Bonchev–Trinajstić information content (AvgIpc) is 3.42. The number of aliphatic hydroxyl groups is 1. The Balaban J connectivity index is 1.15. The van der Waals surface area contributed by atoms with Gasteiger partial charge < -0.3 is 19.1 Å². The maximum absolute atomic E-state index is 14.7. The Morgan fingerprint density at radius 3 is 2.70 bits per heavy atom. The SMILES string of the molecule is CC1(c2ccc(Cl)cc2F)Oc2cccc(C3CCN(Cc4ncc(C=O)n4C4CC(O)C4)CC3)c2O1. The zero-order valence-corrected chi connectivity index (χ0v) is 21.3. The van der Waals surface area contributed by atoms with Crippen molar-refractivity contribution in [2.45, 2.75) is 63.0 Å². The van der Waals surface area contributed by atoms with E-state index in [4.69, 9.17) is 21.1 Å². The lowest BCUT2D eigenvalue weighted by atomic mass is 9.88. The molecule has 2 fully saturated rings. The molecule has 1 aliphatic carbocycles. The molecule has 1 saturated carbocycles. The summed E-state index contributed by atoms with van der Waals surface area (Å²) in [5, 5.41) is 10.1. The molecule has 6 rings (SSSR count). The summed E-state index contributed by atoms with van der Waals surface area (Å²) in [7, 11) is 0. The summed E-state index contributed by atoms with van der Waals surface area (Å²) in [5.74, 6) is 0.700. The van der Waals surface area contributed by atoms with Gasteiger partial charge in [-0.05, 0) is 69.0 Å². The molecule has 0 radical (unpaired) electrons. The first kappa shape index (κ1) is 24.4. The van der Waals surface area contributed by atoms with Gasteiger partial charge in [-0.1, -0.05) is 23.7 Å². The van der Waals surface area contributed by atoms with Crippen LogP contribution in [0.25, 0.3) is 0 Å². The smallest absolute Gasteiger partial charge is 0.278 e.